The molecule has 1 aromatic heterocycles. The molecule has 1 N–H and O–H groups in total. The molecule has 0 aromatic carbocycles. The Morgan fingerprint density at radius 2 is 2.12 bits per heavy atom. The molecule has 2 nitrogen and oxygen atoms in total. The first-order valence-corrected chi connectivity index (χ1v) is 6.49. The Bertz CT molecular complexity index is 354. The van der Waals surface area contributed by atoms with Crippen LogP contribution in [0.2, 0.25) is 0 Å². The van der Waals surface area contributed by atoms with E-state index in [4.69, 9.17) is 0 Å². The van der Waals surface area contributed by atoms with Crippen molar-refractivity contribution in [3.63, 3.8) is 0 Å². The topological polar surface area (TPSA) is 24.9 Å². The Balaban J connectivity index is 1.59. The van der Waals surface area contributed by atoms with Gasteiger partial charge in [-0.15, -0.1) is 0 Å². The summed E-state index contributed by atoms with van der Waals surface area (Å²) in [4.78, 5) is 4.40. The minimum Gasteiger partial charge on any atom is -0.314 e. The van der Waals surface area contributed by atoms with E-state index in [1.807, 2.05) is 0 Å². The van der Waals surface area contributed by atoms with Crippen molar-refractivity contribution in [3.8, 4) is 0 Å². The molecule has 3 rings (SSSR count). The molecule has 0 amide bonds. The maximum Gasteiger partial charge on any atom is 0.0372 e. The van der Waals surface area contributed by atoms with Crippen LogP contribution in [0, 0.1) is 12.8 Å². The van der Waals surface area contributed by atoms with E-state index >= 15 is 0 Å². The molecule has 1 aromatic rings. The van der Waals surface area contributed by atoms with Crippen LogP contribution in [-0.4, -0.2) is 17.6 Å². The normalized spacial score (nSPS) is 28.8. The monoisotopic (exact) mass is 216 g/mol. The van der Waals surface area contributed by atoms with Gasteiger partial charge in [-0.2, -0.15) is 0 Å². The molecular weight excluding hydrogens is 196 g/mol. The summed E-state index contributed by atoms with van der Waals surface area (Å²) >= 11 is 0. The van der Waals surface area contributed by atoms with Gasteiger partial charge in [0, 0.05) is 17.9 Å². The first-order valence-electron chi connectivity index (χ1n) is 6.49. The second-order valence-electron chi connectivity index (χ2n) is 5.36. The van der Waals surface area contributed by atoms with E-state index < -0.39 is 0 Å². The van der Waals surface area contributed by atoms with Gasteiger partial charge in [0.2, 0.25) is 0 Å². The highest BCUT2D eigenvalue weighted by Crippen LogP contribution is 2.42. The zero-order valence-electron chi connectivity index (χ0n) is 9.95. The number of nitrogens with one attached hydrogen (secondary N) is 1. The third kappa shape index (κ3) is 2.12. The summed E-state index contributed by atoms with van der Waals surface area (Å²) in [6, 6.07) is 5.24. The number of aromatic nitrogens is 1. The summed E-state index contributed by atoms with van der Waals surface area (Å²) in [5.41, 5.74) is 2.56. The van der Waals surface area contributed by atoms with Crippen LogP contribution in [0.1, 0.15) is 42.9 Å². The molecule has 16 heavy (non-hydrogen) atoms. The van der Waals surface area contributed by atoms with E-state index in [2.05, 4.69) is 35.6 Å². The van der Waals surface area contributed by atoms with Crippen molar-refractivity contribution in [1.29, 1.82) is 0 Å². The van der Waals surface area contributed by atoms with E-state index in [9.17, 15) is 0 Å². The molecule has 2 unspecified atom stereocenters. The first-order chi connectivity index (χ1) is 7.83. The van der Waals surface area contributed by atoms with Crippen LogP contribution in [-0.2, 0) is 0 Å². The molecule has 2 aliphatic rings. The zero-order chi connectivity index (χ0) is 11.0. The van der Waals surface area contributed by atoms with E-state index in [0.717, 1.165) is 23.6 Å². The average Bonchev–Trinajstić information content (AvgIpc) is 3.04. The minimum absolute atomic E-state index is 0.763. The maximum absolute atomic E-state index is 4.40. The van der Waals surface area contributed by atoms with E-state index in [0.29, 0.717) is 0 Å². The van der Waals surface area contributed by atoms with Crippen molar-refractivity contribution < 1.29 is 0 Å². The molecule has 1 heterocycles. The van der Waals surface area contributed by atoms with Gasteiger partial charge in [0.15, 0.2) is 0 Å². The van der Waals surface area contributed by atoms with Gasteiger partial charge in [-0.1, -0.05) is 6.07 Å². The Hall–Kier alpha value is -0.890. The summed E-state index contributed by atoms with van der Waals surface area (Å²) in [5.74, 6) is 1.62. The van der Waals surface area contributed by atoms with Crippen molar-refractivity contribution in [2.24, 2.45) is 5.92 Å². The SMILES string of the molecule is Cc1ccc(C2CCC2CNC2CC2)cn1. The lowest BCUT2D eigenvalue weighted by Gasteiger charge is -2.37. The summed E-state index contributed by atoms with van der Waals surface area (Å²) in [6.45, 7) is 3.26. The molecule has 0 aliphatic heterocycles. The van der Waals surface area contributed by atoms with E-state index in [1.165, 1.54) is 37.8 Å². The van der Waals surface area contributed by atoms with Gasteiger partial charge < -0.3 is 5.32 Å². The molecule has 2 saturated carbocycles. The van der Waals surface area contributed by atoms with Crippen molar-refractivity contribution in [2.45, 2.75) is 44.6 Å². The molecular formula is C14H20N2. The first kappa shape index (κ1) is 10.3. The van der Waals surface area contributed by atoms with Crippen LogP contribution in [0.3, 0.4) is 0 Å². The smallest absolute Gasteiger partial charge is 0.0372 e. The van der Waals surface area contributed by atoms with Gasteiger partial charge in [0.25, 0.3) is 0 Å². The average molecular weight is 216 g/mol. The van der Waals surface area contributed by atoms with Crippen molar-refractivity contribution >= 4 is 0 Å². The number of aryl methyl sites for hydroxylation is 1. The molecule has 2 atom stereocenters. The van der Waals surface area contributed by atoms with Crippen LogP contribution in [0.25, 0.3) is 0 Å². The fourth-order valence-electron chi connectivity index (χ4n) is 2.56. The number of rotatable bonds is 4. The molecule has 0 bridgehead atoms. The summed E-state index contributed by atoms with van der Waals surface area (Å²) in [6.07, 6.45) is 7.59. The molecule has 2 fully saturated rings. The quantitative estimate of drug-likeness (QED) is 0.837. The lowest BCUT2D eigenvalue weighted by atomic mass is 9.70. The van der Waals surface area contributed by atoms with Crippen LogP contribution < -0.4 is 5.32 Å². The fourth-order valence-corrected chi connectivity index (χ4v) is 2.56. The second-order valence-corrected chi connectivity index (χ2v) is 5.36. The predicted molar refractivity (Wildman–Crippen MR) is 65.5 cm³/mol. The van der Waals surface area contributed by atoms with Gasteiger partial charge in [0.05, 0.1) is 0 Å². The van der Waals surface area contributed by atoms with Gasteiger partial charge in [-0.25, -0.2) is 0 Å². The number of hydrogen-bond acceptors (Lipinski definition) is 2. The van der Waals surface area contributed by atoms with E-state index in [1.54, 1.807) is 0 Å². The largest absolute Gasteiger partial charge is 0.314 e. The third-order valence-electron chi connectivity index (χ3n) is 4.03. The second kappa shape index (κ2) is 4.17. The van der Waals surface area contributed by atoms with Gasteiger partial charge in [-0.3, -0.25) is 4.98 Å². The molecule has 0 saturated heterocycles. The van der Waals surface area contributed by atoms with Gasteiger partial charge in [-0.05, 0) is 62.6 Å². The predicted octanol–water partition coefficient (Wildman–Crippen LogP) is 2.64. The van der Waals surface area contributed by atoms with E-state index in [-0.39, 0.29) is 0 Å². The van der Waals surface area contributed by atoms with Crippen LogP contribution in [0.5, 0.6) is 0 Å². The lowest BCUT2D eigenvalue weighted by Crippen LogP contribution is -2.34. The Labute approximate surface area is 97.5 Å². The standard InChI is InChI=1S/C14H20N2/c1-10-2-3-11(8-15-10)14-7-4-12(14)9-16-13-5-6-13/h2-3,8,12-14,16H,4-7,9H2,1H3. The molecule has 2 heteroatoms. The highest BCUT2D eigenvalue weighted by atomic mass is 14.9. The maximum atomic E-state index is 4.40. The van der Waals surface area contributed by atoms with Crippen LogP contribution in [0.4, 0.5) is 0 Å². The number of nitrogens with zero attached hydrogens (tertiary/aromatic N) is 1. The van der Waals surface area contributed by atoms with Crippen molar-refractivity contribution in [2.75, 3.05) is 6.54 Å². The van der Waals surface area contributed by atoms with Crippen LogP contribution >= 0.6 is 0 Å². The molecule has 86 valence electrons. The summed E-state index contributed by atoms with van der Waals surface area (Å²) in [7, 11) is 0. The summed E-state index contributed by atoms with van der Waals surface area (Å²) in [5, 5.41) is 3.65. The lowest BCUT2D eigenvalue weighted by molar-refractivity contribution is 0.245. The highest BCUT2D eigenvalue weighted by molar-refractivity contribution is 5.21. The van der Waals surface area contributed by atoms with Crippen molar-refractivity contribution in [1.82, 2.24) is 10.3 Å². The zero-order valence-corrected chi connectivity index (χ0v) is 9.95. The Kier molecular flexibility index (Phi) is 2.68. The van der Waals surface area contributed by atoms with Gasteiger partial charge in [0.1, 0.15) is 0 Å². The minimum atomic E-state index is 0.763. The summed E-state index contributed by atoms with van der Waals surface area (Å²) < 4.78 is 0. The Morgan fingerprint density at radius 1 is 1.25 bits per heavy atom. The highest BCUT2D eigenvalue weighted by Gasteiger charge is 2.33. The Morgan fingerprint density at radius 3 is 2.69 bits per heavy atom. The van der Waals surface area contributed by atoms with Crippen LogP contribution in [0.15, 0.2) is 18.3 Å². The molecule has 2 aliphatic carbocycles. The molecule has 0 spiro atoms. The number of pyridine rings is 1. The molecule has 0 radical (unpaired) electrons. The van der Waals surface area contributed by atoms with Crippen molar-refractivity contribution in [3.05, 3.63) is 29.6 Å². The van der Waals surface area contributed by atoms with Gasteiger partial charge >= 0.3 is 0 Å². The third-order valence-corrected chi connectivity index (χ3v) is 4.03. The number of hydrogen-bond donors (Lipinski definition) is 1. The fraction of sp³-hybridized carbons (Fsp3) is 0.643.